The van der Waals surface area contributed by atoms with Gasteiger partial charge in [0.05, 0.1) is 0 Å². The third kappa shape index (κ3) is 2.08. The lowest BCUT2D eigenvalue weighted by molar-refractivity contribution is 0.0788. The van der Waals surface area contributed by atoms with Gasteiger partial charge in [0.25, 0.3) is 0 Å². The molecule has 0 amide bonds. The van der Waals surface area contributed by atoms with Crippen molar-refractivity contribution in [2.24, 2.45) is 11.3 Å². The third-order valence-corrected chi connectivity index (χ3v) is 3.89. The first kappa shape index (κ1) is 11.8. The molecule has 0 aromatic heterocycles. The Morgan fingerprint density at radius 2 is 2.00 bits per heavy atom. The lowest BCUT2D eigenvalue weighted by Crippen LogP contribution is -2.32. The molecule has 0 saturated carbocycles. The van der Waals surface area contributed by atoms with Crippen molar-refractivity contribution in [1.82, 2.24) is 0 Å². The Labute approximate surface area is 105 Å². The Kier molecular flexibility index (Phi) is 2.95. The van der Waals surface area contributed by atoms with E-state index in [1.807, 2.05) is 12.1 Å². The van der Waals surface area contributed by atoms with Crippen LogP contribution >= 0.6 is 15.9 Å². The van der Waals surface area contributed by atoms with Crippen LogP contribution in [0.3, 0.4) is 0 Å². The average molecular weight is 281 g/mol. The number of Topliss-reactive ketones (excluding diaryl/α,β-unsaturated/α-hetero) is 1. The van der Waals surface area contributed by atoms with Crippen LogP contribution < -0.4 is 0 Å². The average Bonchev–Trinajstić information content (AvgIpc) is 2.17. The standard InChI is InChI=1S/C14H17BrO/c1-14(2,3)12-7-5-9-4-6-10(15)8-11(9)13(12)16/h4,6,8,12H,5,7H2,1-3H3/t12-/m0/s1. The van der Waals surface area contributed by atoms with Crippen LogP contribution in [0.1, 0.15) is 43.1 Å². The molecule has 0 N–H and O–H groups in total. The number of ketones is 1. The number of hydrogen-bond donors (Lipinski definition) is 0. The van der Waals surface area contributed by atoms with Crippen molar-refractivity contribution in [1.29, 1.82) is 0 Å². The second kappa shape index (κ2) is 3.99. The molecule has 2 rings (SSSR count). The summed E-state index contributed by atoms with van der Waals surface area (Å²) in [6, 6.07) is 6.05. The molecule has 0 heterocycles. The van der Waals surface area contributed by atoms with E-state index in [-0.39, 0.29) is 11.3 Å². The van der Waals surface area contributed by atoms with Gasteiger partial charge in [-0.05, 0) is 36.0 Å². The van der Waals surface area contributed by atoms with Gasteiger partial charge < -0.3 is 0 Å². The SMILES string of the molecule is CC(C)(C)[C@H]1CCc2ccc(Br)cc2C1=O. The van der Waals surface area contributed by atoms with Gasteiger partial charge in [-0.25, -0.2) is 0 Å². The first-order valence-electron chi connectivity index (χ1n) is 5.72. The van der Waals surface area contributed by atoms with E-state index in [4.69, 9.17) is 0 Å². The summed E-state index contributed by atoms with van der Waals surface area (Å²) in [6.07, 6.45) is 2.01. The minimum Gasteiger partial charge on any atom is -0.294 e. The van der Waals surface area contributed by atoms with Crippen molar-refractivity contribution in [2.45, 2.75) is 33.6 Å². The predicted molar refractivity (Wildman–Crippen MR) is 69.7 cm³/mol. The van der Waals surface area contributed by atoms with Crippen LogP contribution in [-0.2, 0) is 6.42 Å². The number of halogens is 1. The highest BCUT2D eigenvalue weighted by Crippen LogP contribution is 2.37. The second-order valence-corrected chi connectivity index (χ2v) is 6.54. The molecular formula is C14H17BrO. The van der Waals surface area contributed by atoms with Gasteiger partial charge in [0, 0.05) is 16.0 Å². The maximum Gasteiger partial charge on any atom is 0.166 e. The smallest absolute Gasteiger partial charge is 0.166 e. The van der Waals surface area contributed by atoms with Crippen LogP contribution in [0.15, 0.2) is 22.7 Å². The van der Waals surface area contributed by atoms with E-state index in [0.717, 1.165) is 22.9 Å². The van der Waals surface area contributed by atoms with Crippen LogP contribution in [0.4, 0.5) is 0 Å². The Bertz CT molecular complexity index is 429. The summed E-state index contributed by atoms with van der Waals surface area (Å²) in [6.45, 7) is 6.45. The van der Waals surface area contributed by atoms with Gasteiger partial charge in [0.2, 0.25) is 0 Å². The molecule has 2 heteroatoms. The van der Waals surface area contributed by atoms with Gasteiger partial charge in [-0.1, -0.05) is 42.8 Å². The summed E-state index contributed by atoms with van der Waals surface area (Å²) in [5.41, 5.74) is 2.19. The molecular weight excluding hydrogens is 264 g/mol. The lowest BCUT2D eigenvalue weighted by atomic mass is 9.70. The highest BCUT2D eigenvalue weighted by Gasteiger charge is 2.35. The quantitative estimate of drug-likeness (QED) is 0.695. The summed E-state index contributed by atoms with van der Waals surface area (Å²) >= 11 is 3.44. The van der Waals surface area contributed by atoms with E-state index >= 15 is 0 Å². The highest BCUT2D eigenvalue weighted by molar-refractivity contribution is 9.10. The van der Waals surface area contributed by atoms with E-state index in [2.05, 4.69) is 42.8 Å². The maximum absolute atomic E-state index is 12.4. The molecule has 0 aliphatic heterocycles. The summed E-state index contributed by atoms with van der Waals surface area (Å²) in [5.74, 6) is 0.476. The van der Waals surface area contributed by atoms with Crippen LogP contribution in [-0.4, -0.2) is 5.78 Å². The molecule has 0 spiro atoms. The molecule has 1 aliphatic rings. The number of rotatable bonds is 0. The topological polar surface area (TPSA) is 17.1 Å². The van der Waals surface area contributed by atoms with Gasteiger partial charge in [-0.2, -0.15) is 0 Å². The highest BCUT2D eigenvalue weighted by atomic mass is 79.9. The normalized spacial score (nSPS) is 20.8. The van der Waals surface area contributed by atoms with Crippen LogP contribution in [0.5, 0.6) is 0 Å². The van der Waals surface area contributed by atoms with E-state index in [1.165, 1.54) is 5.56 Å². The first-order valence-corrected chi connectivity index (χ1v) is 6.51. The zero-order chi connectivity index (χ0) is 11.9. The van der Waals surface area contributed by atoms with E-state index < -0.39 is 0 Å². The van der Waals surface area contributed by atoms with E-state index in [9.17, 15) is 4.79 Å². The zero-order valence-corrected chi connectivity index (χ0v) is 11.6. The molecule has 1 aliphatic carbocycles. The number of benzene rings is 1. The third-order valence-electron chi connectivity index (χ3n) is 3.40. The molecule has 1 atom stereocenters. The zero-order valence-electron chi connectivity index (χ0n) is 10.0. The molecule has 0 bridgehead atoms. The Morgan fingerprint density at radius 3 is 2.62 bits per heavy atom. The van der Waals surface area contributed by atoms with Crippen molar-refractivity contribution in [3.63, 3.8) is 0 Å². The van der Waals surface area contributed by atoms with Crippen LogP contribution in [0, 0.1) is 11.3 Å². The van der Waals surface area contributed by atoms with Gasteiger partial charge >= 0.3 is 0 Å². The molecule has 0 unspecified atom stereocenters. The van der Waals surface area contributed by atoms with Crippen LogP contribution in [0.25, 0.3) is 0 Å². The molecule has 86 valence electrons. The fourth-order valence-corrected chi connectivity index (χ4v) is 2.80. The lowest BCUT2D eigenvalue weighted by Gasteiger charge is -2.33. The van der Waals surface area contributed by atoms with Gasteiger partial charge in [0.1, 0.15) is 0 Å². The first-order chi connectivity index (χ1) is 7.39. The van der Waals surface area contributed by atoms with Gasteiger partial charge in [-0.15, -0.1) is 0 Å². The predicted octanol–water partition coefficient (Wildman–Crippen LogP) is 4.24. The number of carbonyl (C=O) groups is 1. The Balaban J connectivity index is 2.42. The van der Waals surface area contributed by atoms with Gasteiger partial charge in [0.15, 0.2) is 5.78 Å². The van der Waals surface area contributed by atoms with Gasteiger partial charge in [-0.3, -0.25) is 4.79 Å². The van der Waals surface area contributed by atoms with Crippen molar-refractivity contribution in [3.8, 4) is 0 Å². The summed E-state index contributed by atoms with van der Waals surface area (Å²) in [4.78, 5) is 12.4. The molecule has 0 radical (unpaired) electrons. The number of hydrogen-bond acceptors (Lipinski definition) is 1. The monoisotopic (exact) mass is 280 g/mol. The second-order valence-electron chi connectivity index (χ2n) is 5.62. The van der Waals surface area contributed by atoms with Crippen molar-refractivity contribution in [3.05, 3.63) is 33.8 Å². The number of fused-ring (bicyclic) bond motifs is 1. The largest absolute Gasteiger partial charge is 0.294 e. The molecule has 16 heavy (non-hydrogen) atoms. The van der Waals surface area contributed by atoms with Crippen molar-refractivity contribution in [2.75, 3.05) is 0 Å². The molecule has 1 nitrogen and oxygen atoms in total. The van der Waals surface area contributed by atoms with E-state index in [0.29, 0.717) is 5.78 Å². The fraction of sp³-hybridized carbons (Fsp3) is 0.500. The fourth-order valence-electron chi connectivity index (χ4n) is 2.44. The number of carbonyl (C=O) groups excluding carboxylic acids is 1. The minimum absolute atomic E-state index is 0.0666. The Morgan fingerprint density at radius 1 is 1.31 bits per heavy atom. The molecule has 0 fully saturated rings. The Hall–Kier alpha value is -0.630. The van der Waals surface area contributed by atoms with E-state index in [1.54, 1.807) is 0 Å². The number of aryl methyl sites for hydroxylation is 1. The summed E-state index contributed by atoms with van der Waals surface area (Å²) < 4.78 is 0.995. The molecule has 1 aromatic rings. The van der Waals surface area contributed by atoms with Crippen molar-refractivity contribution >= 4 is 21.7 Å². The van der Waals surface area contributed by atoms with Crippen molar-refractivity contribution < 1.29 is 4.79 Å². The molecule has 1 aromatic carbocycles. The minimum atomic E-state index is 0.0666. The summed E-state index contributed by atoms with van der Waals surface area (Å²) in [5, 5.41) is 0. The van der Waals surface area contributed by atoms with Crippen LogP contribution in [0.2, 0.25) is 0 Å². The maximum atomic E-state index is 12.4. The summed E-state index contributed by atoms with van der Waals surface area (Å²) in [7, 11) is 0. The molecule has 0 saturated heterocycles.